The van der Waals surface area contributed by atoms with E-state index < -0.39 is 17.6 Å². The number of hydrogen-bond donors (Lipinski definition) is 1. The Morgan fingerprint density at radius 3 is 2.44 bits per heavy atom. The summed E-state index contributed by atoms with van der Waals surface area (Å²) in [5.74, 6) is -0.122. The molecule has 0 fully saturated rings. The van der Waals surface area contributed by atoms with E-state index >= 15 is 0 Å². The van der Waals surface area contributed by atoms with Gasteiger partial charge in [0, 0.05) is 11.4 Å². The molecule has 0 unspecified atom stereocenters. The minimum atomic E-state index is -4.50. The third-order valence-corrected chi connectivity index (χ3v) is 3.46. The topological polar surface area (TPSA) is 70.5 Å². The number of amides is 1. The van der Waals surface area contributed by atoms with Gasteiger partial charge in [-0.2, -0.15) is 13.2 Å². The van der Waals surface area contributed by atoms with Crippen LogP contribution < -0.4 is 10.2 Å². The molecule has 0 saturated heterocycles. The molecule has 1 aliphatic rings. The number of alkyl halides is 3. The van der Waals surface area contributed by atoms with E-state index in [9.17, 15) is 18.0 Å². The van der Waals surface area contributed by atoms with Gasteiger partial charge in [0.25, 0.3) is 5.91 Å². The molecule has 130 valence electrons. The summed E-state index contributed by atoms with van der Waals surface area (Å²) in [5.41, 5.74) is 0.663. The Morgan fingerprint density at radius 2 is 1.80 bits per heavy atom. The number of aromatic nitrogens is 2. The molecule has 0 radical (unpaired) electrons. The Bertz CT molecular complexity index is 843. The van der Waals surface area contributed by atoms with Gasteiger partial charge in [-0.15, -0.1) is 0 Å². The zero-order chi connectivity index (χ0) is 18.2. The molecule has 6 nitrogen and oxygen atoms in total. The van der Waals surface area contributed by atoms with Crippen LogP contribution >= 0.6 is 0 Å². The zero-order valence-electron chi connectivity index (χ0n) is 13.4. The number of aliphatic imine (C=N–C) groups is 1. The van der Waals surface area contributed by atoms with Crippen LogP contribution in [0.5, 0.6) is 0 Å². The first kappa shape index (κ1) is 16.9. The second-order valence-corrected chi connectivity index (χ2v) is 5.52. The Kier molecular flexibility index (Phi) is 4.15. The summed E-state index contributed by atoms with van der Waals surface area (Å²) in [5, 5.41) is 2.81. The highest BCUT2D eigenvalue weighted by atomic mass is 19.4. The van der Waals surface area contributed by atoms with Gasteiger partial charge < -0.3 is 0 Å². The number of guanidine groups is 1. The summed E-state index contributed by atoms with van der Waals surface area (Å²) in [4.78, 5) is 25.6. The zero-order valence-corrected chi connectivity index (χ0v) is 13.4. The first-order valence-corrected chi connectivity index (χ1v) is 7.38. The van der Waals surface area contributed by atoms with E-state index in [2.05, 4.69) is 20.3 Å². The minimum Gasteiger partial charge on any atom is -0.294 e. The monoisotopic (exact) mass is 349 g/mol. The predicted octanol–water partition coefficient (Wildman–Crippen LogP) is 2.93. The third kappa shape index (κ3) is 3.59. The normalized spacial score (nSPS) is 14.7. The number of anilines is 2. The second-order valence-electron chi connectivity index (χ2n) is 5.52. The molecule has 3 rings (SSSR count). The maximum Gasteiger partial charge on any atom is 0.416 e. The summed E-state index contributed by atoms with van der Waals surface area (Å²) >= 11 is 0. The first-order chi connectivity index (χ1) is 11.7. The second kappa shape index (κ2) is 6.15. The van der Waals surface area contributed by atoms with Crippen molar-refractivity contribution in [1.82, 2.24) is 9.97 Å². The highest BCUT2D eigenvalue weighted by molar-refractivity contribution is 6.24. The van der Waals surface area contributed by atoms with E-state index in [0.29, 0.717) is 11.4 Å². The highest BCUT2D eigenvalue weighted by Crippen LogP contribution is 2.32. The number of halogens is 3. The summed E-state index contributed by atoms with van der Waals surface area (Å²) in [6.45, 7) is 3.40. The van der Waals surface area contributed by atoms with Crippen LogP contribution in [0.1, 0.15) is 17.0 Å². The summed E-state index contributed by atoms with van der Waals surface area (Å²) in [6, 6.07) is 6.29. The minimum absolute atomic E-state index is 0.0768. The van der Waals surface area contributed by atoms with E-state index in [1.54, 1.807) is 19.9 Å². The molecule has 9 heteroatoms. The fraction of sp³-hybridized carbons (Fsp3) is 0.250. The smallest absolute Gasteiger partial charge is 0.294 e. The molecule has 25 heavy (non-hydrogen) atoms. The van der Waals surface area contributed by atoms with Gasteiger partial charge in [-0.25, -0.2) is 19.9 Å². The SMILES string of the molecule is Cc1cc(C)nc(NC2=NCC(=O)N2c2cccc(C(F)(F)F)c2)n1. The summed E-state index contributed by atoms with van der Waals surface area (Å²) in [7, 11) is 0. The van der Waals surface area contributed by atoms with E-state index in [-0.39, 0.29) is 24.1 Å². The molecule has 1 N–H and O–H groups in total. The third-order valence-electron chi connectivity index (χ3n) is 3.46. The molecule has 0 aliphatic carbocycles. The standard InChI is InChI=1S/C16H14F3N5O/c1-9-6-10(2)22-14(21-9)23-15-20-8-13(25)24(15)12-5-3-4-11(7-12)16(17,18)19/h3-7H,8H2,1-2H3,(H,20,21,22,23). The van der Waals surface area contributed by atoms with Crippen molar-refractivity contribution in [3.8, 4) is 0 Å². The van der Waals surface area contributed by atoms with Gasteiger partial charge in [0.05, 0.1) is 11.3 Å². The maximum atomic E-state index is 12.9. The van der Waals surface area contributed by atoms with Crippen molar-refractivity contribution in [2.75, 3.05) is 16.8 Å². The van der Waals surface area contributed by atoms with E-state index in [1.807, 2.05) is 0 Å². The van der Waals surface area contributed by atoms with Crippen LogP contribution in [0.15, 0.2) is 35.3 Å². The van der Waals surface area contributed by atoms with Crippen molar-refractivity contribution in [2.45, 2.75) is 20.0 Å². The molecule has 1 aliphatic heterocycles. The summed E-state index contributed by atoms with van der Waals surface area (Å²) in [6.07, 6.45) is -4.50. The van der Waals surface area contributed by atoms with Crippen LogP contribution in [0.3, 0.4) is 0 Å². The largest absolute Gasteiger partial charge is 0.416 e. The Balaban J connectivity index is 1.92. The molecule has 0 spiro atoms. The number of nitrogens with one attached hydrogen (secondary N) is 1. The van der Waals surface area contributed by atoms with Crippen LogP contribution in [0.25, 0.3) is 0 Å². The number of benzene rings is 1. The van der Waals surface area contributed by atoms with E-state index in [1.165, 1.54) is 12.1 Å². The number of rotatable bonds is 2. The lowest BCUT2D eigenvalue weighted by atomic mass is 10.2. The maximum absolute atomic E-state index is 12.9. The van der Waals surface area contributed by atoms with Crippen molar-refractivity contribution in [2.24, 2.45) is 4.99 Å². The Hall–Kier alpha value is -2.97. The van der Waals surface area contributed by atoms with E-state index in [0.717, 1.165) is 17.0 Å². The van der Waals surface area contributed by atoms with Crippen molar-refractivity contribution in [1.29, 1.82) is 0 Å². The molecule has 1 aromatic carbocycles. The lowest BCUT2D eigenvalue weighted by Crippen LogP contribution is -2.37. The van der Waals surface area contributed by atoms with E-state index in [4.69, 9.17) is 0 Å². The highest BCUT2D eigenvalue weighted by Gasteiger charge is 2.33. The molecular formula is C16H14F3N5O. The number of carbonyl (C=O) groups excluding carboxylic acids is 1. The molecular weight excluding hydrogens is 335 g/mol. The average molecular weight is 349 g/mol. The molecule has 0 saturated carbocycles. The average Bonchev–Trinajstić information content (AvgIpc) is 2.86. The predicted molar refractivity (Wildman–Crippen MR) is 86.4 cm³/mol. The van der Waals surface area contributed by atoms with Gasteiger partial charge in [0.1, 0.15) is 6.54 Å². The molecule has 1 amide bonds. The molecule has 0 atom stereocenters. The molecule has 2 aromatic rings. The van der Waals surface area contributed by atoms with Crippen molar-refractivity contribution in [3.05, 3.63) is 47.3 Å². The van der Waals surface area contributed by atoms with Crippen molar-refractivity contribution < 1.29 is 18.0 Å². The van der Waals surface area contributed by atoms with Gasteiger partial charge in [-0.3, -0.25) is 10.1 Å². The number of carbonyl (C=O) groups is 1. The van der Waals surface area contributed by atoms with Crippen LogP contribution in [0, 0.1) is 13.8 Å². The van der Waals surface area contributed by atoms with Crippen LogP contribution in [0.2, 0.25) is 0 Å². The van der Waals surface area contributed by atoms with Crippen LogP contribution in [0.4, 0.5) is 24.8 Å². The van der Waals surface area contributed by atoms with Gasteiger partial charge in [0.15, 0.2) is 0 Å². The van der Waals surface area contributed by atoms with Gasteiger partial charge in [-0.05, 0) is 38.1 Å². The lowest BCUT2D eigenvalue weighted by molar-refractivity contribution is -0.137. The van der Waals surface area contributed by atoms with Gasteiger partial charge in [0.2, 0.25) is 11.9 Å². The van der Waals surface area contributed by atoms with Crippen LogP contribution in [-0.4, -0.2) is 28.4 Å². The molecule has 2 heterocycles. The lowest BCUT2D eigenvalue weighted by Gasteiger charge is -2.20. The van der Waals surface area contributed by atoms with Crippen molar-refractivity contribution in [3.63, 3.8) is 0 Å². The Labute approximate surface area is 141 Å². The molecule has 1 aromatic heterocycles. The quantitative estimate of drug-likeness (QED) is 0.905. The Morgan fingerprint density at radius 1 is 1.12 bits per heavy atom. The molecule has 0 bridgehead atoms. The fourth-order valence-corrected chi connectivity index (χ4v) is 2.47. The number of hydrogen-bond acceptors (Lipinski definition) is 5. The van der Waals surface area contributed by atoms with Crippen LogP contribution in [-0.2, 0) is 11.0 Å². The van der Waals surface area contributed by atoms with Crippen molar-refractivity contribution >= 4 is 23.5 Å². The fourth-order valence-electron chi connectivity index (χ4n) is 2.47. The number of aryl methyl sites for hydroxylation is 2. The number of nitrogens with zero attached hydrogens (tertiary/aromatic N) is 4. The summed E-state index contributed by atoms with van der Waals surface area (Å²) < 4.78 is 38.7. The first-order valence-electron chi connectivity index (χ1n) is 7.38. The van der Waals surface area contributed by atoms with Gasteiger partial charge in [-0.1, -0.05) is 6.07 Å². The van der Waals surface area contributed by atoms with Gasteiger partial charge >= 0.3 is 6.18 Å².